The first kappa shape index (κ1) is 15.7. The van der Waals surface area contributed by atoms with E-state index in [1.165, 1.54) is 31.4 Å². The van der Waals surface area contributed by atoms with Crippen molar-refractivity contribution in [2.45, 2.75) is 6.61 Å². The molecule has 1 aromatic heterocycles. The molecule has 0 aliphatic heterocycles. The molecule has 0 amide bonds. The number of benzene rings is 2. The van der Waals surface area contributed by atoms with Crippen LogP contribution in [0.25, 0.3) is 11.4 Å². The maximum Gasteiger partial charge on any atom is 0.338 e. The van der Waals surface area contributed by atoms with Gasteiger partial charge in [0.05, 0.1) is 12.7 Å². The van der Waals surface area contributed by atoms with E-state index in [0.29, 0.717) is 22.7 Å². The molecule has 122 valence electrons. The van der Waals surface area contributed by atoms with Gasteiger partial charge in [-0.25, -0.2) is 9.18 Å². The van der Waals surface area contributed by atoms with Crippen LogP contribution < -0.4 is 4.74 Å². The third-order valence-electron chi connectivity index (χ3n) is 3.20. The molecule has 3 rings (SSSR count). The molecule has 0 radical (unpaired) electrons. The summed E-state index contributed by atoms with van der Waals surface area (Å²) in [7, 11) is 1.51. The molecule has 1 heterocycles. The Labute approximate surface area is 136 Å². The lowest BCUT2D eigenvalue weighted by Crippen LogP contribution is -2.05. The first-order valence-corrected chi connectivity index (χ1v) is 7.05. The van der Waals surface area contributed by atoms with Gasteiger partial charge in [0.25, 0.3) is 5.89 Å². The Morgan fingerprint density at radius 2 is 2.00 bits per heavy atom. The molecule has 0 bridgehead atoms. The summed E-state index contributed by atoms with van der Waals surface area (Å²) in [4.78, 5) is 16.1. The molecule has 6 nitrogen and oxygen atoms in total. The summed E-state index contributed by atoms with van der Waals surface area (Å²) in [6, 6.07) is 12.3. The van der Waals surface area contributed by atoms with Gasteiger partial charge in [-0.05, 0) is 42.5 Å². The van der Waals surface area contributed by atoms with E-state index in [1.807, 2.05) is 0 Å². The van der Waals surface area contributed by atoms with Crippen molar-refractivity contribution >= 4 is 5.97 Å². The second-order valence-electron chi connectivity index (χ2n) is 4.83. The highest BCUT2D eigenvalue weighted by Crippen LogP contribution is 2.17. The molecule has 0 saturated heterocycles. The van der Waals surface area contributed by atoms with Gasteiger partial charge in [0.2, 0.25) is 5.82 Å². The van der Waals surface area contributed by atoms with Crippen LogP contribution in [0.1, 0.15) is 16.2 Å². The molecule has 24 heavy (non-hydrogen) atoms. The summed E-state index contributed by atoms with van der Waals surface area (Å²) < 4.78 is 28.1. The average Bonchev–Trinajstić information content (AvgIpc) is 3.09. The molecule has 0 spiro atoms. The lowest BCUT2D eigenvalue weighted by molar-refractivity contribution is 0.0429. The number of carbonyl (C=O) groups excluding carboxylic acids is 1. The second kappa shape index (κ2) is 6.91. The normalized spacial score (nSPS) is 10.4. The maximum atomic E-state index is 12.9. The van der Waals surface area contributed by atoms with E-state index < -0.39 is 5.97 Å². The predicted octanol–water partition coefficient (Wildman–Crippen LogP) is 3.24. The van der Waals surface area contributed by atoms with Gasteiger partial charge < -0.3 is 14.0 Å². The zero-order valence-electron chi connectivity index (χ0n) is 12.7. The number of methoxy groups -OCH3 is 1. The van der Waals surface area contributed by atoms with Crippen molar-refractivity contribution in [2.24, 2.45) is 0 Å². The lowest BCUT2D eigenvalue weighted by atomic mass is 10.2. The largest absolute Gasteiger partial charge is 0.497 e. The fourth-order valence-corrected chi connectivity index (χ4v) is 1.99. The van der Waals surface area contributed by atoms with E-state index in [1.54, 1.807) is 24.3 Å². The maximum absolute atomic E-state index is 12.9. The summed E-state index contributed by atoms with van der Waals surface area (Å²) >= 11 is 0. The van der Waals surface area contributed by atoms with E-state index in [2.05, 4.69) is 10.1 Å². The van der Waals surface area contributed by atoms with Crippen molar-refractivity contribution in [3.63, 3.8) is 0 Å². The number of halogens is 1. The Bertz CT molecular complexity index is 846. The van der Waals surface area contributed by atoms with Crippen LogP contribution in [0.5, 0.6) is 5.75 Å². The van der Waals surface area contributed by atoms with E-state index in [9.17, 15) is 9.18 Å². The number of hydrogen-bond donors (Lipinski definition) is 0. The number of hydrogen-bond acceptors (Lipinski definition) is 6. The van der Waals surface area contributed by atoms with Crippen LogP contribution >= 0.6 is 0 Å². The number of nitrogens with zero attached hydrogens (tertiary/aromatic N) is 2. The van der Waals surface area contributed by atoms with Gasteiger partial charge in [0, 0.05) is 5.56 Å². The van der Waals surface area contributed by atoms with Crippen LogP contribution in [-0.4, -0.2) is 23.2 Å². The summed E-state index contributed by atoms with van der Waals surface area (Å²) in [6.45, 7) is -0.162. The SMILES string of the molecule is COc1cccc(C(=O)OCc2nc(-c3ccc(F)cc3)no2)c1. The highest BCUT2D eigenvalue weighted by Gasteiger charge is 2.13. The van der Waals surface area contributed by atoms with Gasteiger partial charge in [-0.2, -0.15) is 4.98 Å². The molecule has 0 saturated carbocycles. The second-order valence-corrected chi connectivity index (χ2v) is 4.83. The van der Waals surface area contributed by atoms with Crippen LogP contribution in [-0.2, 0) is 11.3 Å². The van der Waals surface area contributed by atoms with Crippen LogP contribution in [0.15, 0.2) is 53.1 Å². The van der Waals surface area contributed by atoms with Crippen molar-refractivity contribution in [3.05, 3.63) is 65.8 Å². The van der Waals surface area contributed by atoms with Crippen molar-refractivity contribution < 1.29 is 23.2 Å². The third-order valence-corrected chi connectivity index (χ3v) is 3.20. The molecular formula is C17H13FN2O4. The number of rotatable bonds is 5. The first-order chi connectivity index (χ1) is 11.7. The fourth-order valence-electron chi connectivity index (χ4n) is 1.99. The molecule has 0 aliphatic carbocycles. The van der Waals surface area contributed by atoms with Crippen LogP contribution in [0.2, 0.25) is 0 Å². The highest BCUT2D eigenvalue weighted by atomic mass is 19.1. The number of esters is 1. The van der Waals surface area contributed by atoms with Crippen molar-refractivity contribution in [1.29, 1.82) is 0 Å². The van der Waals surface area contributed by atoms with E-state index >= 15 is 0 Å². The molecule has 0 fully saturated rings. The zero-order chi connectivity index (χ0) is 16.9. The van der Waals surface area contributed by atoms with Gasteiger partial charge in [-0.3, -0.25) is 0 Å². The third kappa shape index (κ3) is 3.57. The predicted molar refractivity (Wildman–Crippen MR) is 81.8 cm³/mol. The van der Waals surface area contributed by atoms with Gasteiger partial charge in [-0.1, -0.05) is 11.2 Å². The standard InChI is InChI=1S/C17H13FN2O4/c1-22-14-4-2-3-12(9-14)17(21)23-10-15-19-16(20-24-15)11-5-7-13(18)8-6-11/h2-9H,10H2,1H3. The Morgan fingerprint density at radius 3 is 2.75 bits per heavy atom. The average molecular weight is 328 g/mol. The van der Waals surface area contributed by atoms with E-state index in [-0.39, 0.29) is 18.3 Å². The highest BCUT2D eigenvalue weighted by molar-refractivity contribution is 5.89. The van der Waals surface area contributed by atoms with E-state index in [0.717, 1.165) is 0 Å². The smallest absolute Gasteiger partial charge is 0.338 e. The minimum Gasteiger partial charge on any atom is -0.497 e. The fraction of sp³-hybridized carbons (Fsp3) is 0.118. The number of aromatic nitrogens is 2. The molecular weight excluding hydrogens is 315 g/mol. The van der Waals surface area contributed by atoms with Gasteiger partial charge in [0.15, 0.2) is 6.61 Å². The van der Waals surface area contributed by atoms with Gasteiger partial charge in [0.1, 0.15) is 11.6 Å². The number of carbonyl (C=O) groups is 1. The molecule has 7 heteroatoms. The van der Waals surface area contributed by atoms with Crippen LogP contribution in [0.4, 0.5) is 4.39 Å². The quantitative estimate of drug-likeness (QED) is 0.669. The minimum atomic E-state index is -0.532. The molecule has 0 aliphatic rings. The van der Waals surface area contributed by atoms with Crippen molar-refractivity contribution in [1.82, 2.24) is 10.1 Å². The number of ether oxygens (including phenoxy) is 2. The summed E-state index contributed by atoms with van der Waals surface area (Å²) in [6.07, 6.45) is 0. The summed E-state index contributed by atoms with van der Waals surface area (Å²) in [5.41, 5.74) is 0.957. The topological polar surface area (TPSA) is 74.5 Å². The van der Waals surface area contributed by atoms with E-state index in [4.69, 9.17) is 14.0 Å². The monoisotopic (exact) mass is 328 g/mol. The van der Waals surface area contributed by atoms with Gasteiger partial charge in [-0.15, -0.1) is 0 Å². The lowest BCUT2D eigenvalue weighted by Gasteiger charge is -2.04. The van der Waals surface area contributed by atoms with Crippen molar-refractivity contribution in [2.75, 3.05) is 7.11 Å². The molecule has 0 unspecified atom stereocenters. The zero-order valence-corrected chi connectivity index (χ0v) is 12.7. The Kier molecular flexibility index (Phi) is 4.51. The van der Waals surface area contributed by atoms with Crippen LogP contribution in [0.3, 0.4) is 0 Å². The molecule has 3 aromatic rings. The molecule has 0 N–H and O–H groups in total. The minimum absolute atomic E-state index is 0.144. The van der Waals surface area contributed by atoms with Crippen molar-refractivity contribution in [3.8, 4) is 17.1 Å². The summed E-state index contributed by atoms with van der Waals surface area (Å²) in [5, 5.41) is 3.77. The molecule has 2 aromatic carbocycles. The molecule has 0 atom stereocenters. The van der Waals surface area contributed by atoms with Gasteiger partial charge >= 0.3 is 5.97 Å². The Hall–Kier alpha value is -3.22. The Balaban J connectivity index is 1.64. The summed E-state index contributed by atoms with van der Waals surface area (Å²) in [5.74, 6) is 0.110. The Morgan fingerprint density at radius 1 is 1.21 bits per heavy atom. The first-order valence-electron chi connectivity index (χ1n) is 7.05. The van der Waals surface area contributed by atoms with Crippen LogP contribution in [0, 0.1) is 5.82 Å².